The first-order chi connectivity index (χ1) is 13.3. The van der Waals surface area contributed by atoms with Crippen molar-refractivity contribution >= 4 is 66.4 Å². The van der Waals surface area contributed by atoms with E-state index in [9.17, 15) is 0 Å². The van der Waals surface area contributed by atoms with Crippen LogP contribution in [0.4, 0.5) is 0 Å². The molecule has 0 aliphatic carbocycles. The van der Waals surface area contributed by atoms with Crippen LogP contribution in [0.2, 0.25) is 5.02 Å². The number of benzene rings is 3. The Morgan fingerprint density at radius 1 is 0.704 bits per heavy atom. The van der Waals surface area contributed by atoms with Gasteiger partial charge in [0, 0.05) is 10.6 Å². The Labute approximate surface area is 169 Å². The van der Waals surface area contributed by atoms with Gasteiger partial charge in [-0.25, -0.2) is 9.97 Å². The van der Waals surface area contributed by atoms with Crippen molar-refractivity contribution in [2.45, 2.75) is 0 Å². The fourth-order valence-corrected chi connectivity index (χ4v) is 5.07. The highest BCUT2D eigenvalue weighted by Crippen LogP contribution is 2.36. The van der Waals surface area contributed by atoms with E-state index in [0.29, 0.717) is 0 Å². The van der Waals surface area contributed by atoms with E-state index in [2.05, 4.69) is 18.2 Å². The molecule has 0 saturated heterocycles. The van der Waals surface area contributed by atoms with E-state index in [1.54, 1.807) is 22.7 Å². The summed E-state index contributed by atoms with van der Waals surface area (Å²) in [7, 11) is 0. The van der Waals surface area contributed by atoms with Crippen molar-refractivity contribution in [3.05, 3.63) is 93.4 Å². The third kappa shape index (κ3) is 3.28. The second-order valence-electron chi connectivity index (χ2n) is 6.08. The van der Waals surface area contributed by atoms with E-state index in [1.165, 1.54) is 9.40 Å². The SMILES string of the molecule is Clc1ccc(C=C(c2nc3ccccc3s2)c2nc3ccccc3s2)cc1. The molecule has 0 aliphatic heterocycles. The number of halogens is 1. The van der Waals surface area contributed by atoms with Crippen LogP contribution in [-0.2, 0) is 0 Å². The first kappa shape index (κ1) is 16.6. The van der Waals surface area contributed by atoms with Crippen molar-refractivity contribution in [1.82, 2.24) is 9.97 Å². The first-order valence-electron chi connectivity index (χ1n) is 8.45. The molecule has 0 fully saturated rings. The molecule has 2 nitrogen and oxygen atoms in total. The molecule has 0 aliphatic rings. The molecule has 0 saturated carbocycles. The summed E-state index contributed by atoms with van der Waals surface area (Å²) in [5.41, 5.74) is 4.15. The number of hydrogen-bond donors (Lipinski definition) is 0. The maximum absolute atomic E-state index is 6.05. The molecule has 0 N–H and O–H groups in total. The highest BCUT2D eigenvalue weighted by atomic mass is 35.5. The zero-order valence-electron chi connectivity index (χ0n) is 14.1. The second kappa shape index (κ2) is 6.89. The zero-order chi connectivity index (χ0) is 18.2. The Morgan fingerprint density at radius 3 is 1.74 bits per heavy atom. The second-order valence-corrected chi connectivity index (χ2v) is 8.58. The van der Waals surface area contributed by atoms with Crippen molar-refractivity contribution in [2.24, 2.45) is 0 Å². The summed E-state index contributed by atoms with van der Waals surface area (Å²) >= 11 is 9.44. The molecule has 0 spiro atoms. The summed E-state index contributed by atoms with van der Waals surface area (Å²) < 4.78 is 2.35. The lowest BCUT2D eigenvalue weighted by Crippen LogP contribution is -1.87. The van der Waals surface area contributed by atoms with Crippen molar-refractivity contribution < 1.29 is 0 Å². The molecule has 3 aromatic carbocycles. The number of nitrogens with zero attached hydrogens (tertiary/aromatic N) is 2. The molecule has 5 aromatic rings. The minimum absolute atomic E-state index is 0.730. The molecule has 2 aromatic heterocycles. The highest BCUT2D eigenvalue weighted by Gasteiger charge is 2.15. The number of thiazole rings is 2. The van der Waals surface area contributed by atoms with Gasteiger partial charge in [-0.3, -0.25) is 0 Å². The molecule has 5 rings (SSSR count). The number of rotatable bonds is 3. The van der Waals surface area contributed by atoms with Gasteiger partial charge in [-0.05, 0) is 48.0 Å². The largest absolute Gasteiger partial charge is 0.236 e. The van der Waals surface area contributed by atoms with Crippen LogP contribution in [0.25, 0.3) is 32.1 Å². The summed E-state index contributed by atoms with van der Waals surface area (Å²) in [5.74, 6) is 0. The predicted molar refractivity (Wildman–Crippen MR) is 118 cm³/mol. The van der Waals surface area contributed by atoms with Gasteiger partial charge in [0.25, 0.3) is 0 Å². The van der Waals surface area contributed by atoms with Crippen molar-refractivity contribution in [3.8, 4) is 0 Å². The molecule has 130 valence electrons. The van der Waals surface area contributed by atoms with Crippen LogP contribution < -0.4 is 0 Å². The zero-order valence-corrected chi connectivity index (χ0v) is 16.5. The van der Waals surface area contributed by atoms with E-state index < -0.39 is 0 Å². The summed E-state index contributed by atoms with van der Waals surface area (Å²) in [6.45, 7) is 0. The lowest BCUT2D eigenvalue weighted by atomic mass is 10.1. The smallest absolute Gasteiger partial charge is 0.127 e. The summed E-state index contributed by atoms with van der Waals surface area (Å²) in [5, 5.41) is 2.68. The molecule has 0 bridgehead atoms. The van der Waals surface area contributed by atoms with E-state index in [4.69, 9.17) is 21.6 Å². The van der Waals surface area contributed by atoms with E-state index in [-0.39, 0.29) is 0 Å². The standard InChI is InChI=1S/C22H13ClN2S2/c23-15-11-9-14(10-12-15)13-16(21-24-17-5-1-3-7-19(17)26-21)22-25-18-6-2-4-8-20(18)27-22/h1-13H. The molecule has 0 atom stereocenters. The average Bonchev–Trinajstić information content (AvgIpc) is 3.31. The van der Waals surface area contributed by atoms with Crippen LogP contribution >= 0.6 is 34.3 Å². The quantitative estimate of drug-likeness (QED) is 0.319. The fourth-order valence-electron chi connectivity index (χ4n) is 2.92. The summed E-state index contributed by atoms with van der Waals surface area (Å²) in [6, 6.07) is 24.3. The molecule has 5 heteroatoms. The number of para-hydroxylation sites is 2. The van der Waals surface area contributed by atoms with Crippen molar-refractivity contribution in [2.75, 3.05) is 0 Å². The lowest BCUT2D eigenvalue weighted by molar-refractivity contribution is 1.39. The van der Waals surface area contributed by atoms with Crippen molar-refractivity contribution in [1.29, 1.82) is 0 Å². The highest BCUT2D eigenvalue weighted by molar-refractivity contribution is 7.22. The van der Waals surface area contributed by atoms with Gasteiger partial charge in [0.15, 0.2) is 0 Å². The van der Waals surface area contributed by atoms with Gasteiger partial charge in [-0.2, -0.15) is 0 Å². The van der Waals surface area contributed by atoms with Gasteiger partial charge < -0.3 is 0 Å². The van der Waals surface area contributed by atoms with Crippen LogP contribution in [0.15, 0.2) is 72.8 Å². The number of fused-ring (bicyclic) bond motifs is 2. The van der Waals surface area contributed by atoms with Crippen LogP contribution in [0.5, 0.6) is 0 Å². The lowest BCUT2D eigenvalue weighted by Gasteiger charge is -2.01. The van der Waals surface area contributed by atoms with Gasteiger partial charge in [-0.15, -0.1) is 22.7 Å². The molecule has 0 radical (unpaired) electrons. The molecular formula is C22H13ClN2S2. The molecule has 0 unspecified atom stereocenters. The maximum atomic E-state index is 6.05. The van der Waals surface area contributed by atoms with Crippen LogP contribution in [0.3, 0.4) is 0 Å². The molecular weight excluding hydrogens is 392 g/mol. The Bertz CT molecular complexity index is 1140. The normalized spacial score (nSPS) is 11.1. The third-order valence-electron chi connectivity index (χ3n) is 4.23. The van der Waals surface area contributed by atoms with E-state index in [1.807, 2.05) is 60.7 Å². The van der Waals surface area contributed by atoms with Crippen molar-refractivity contribution in [3.63, 3.8) is 0 Å². The maximum Gasteiger partial charge on any atom is 0.127 e. The Kier molecular flexibility index (Phi) is 4.24. The Morgan fingerprint density at radius 2 is 1.22 bits per heavy atom. The van der Waals surface area contributed by atoms with Crippen LogP contribution in [0.1, 0.15) is 15.6 Å². The summed E-state index contributed by atoms with van der Waals surface area (Å²) in [6.07, 6.45) is 2.14. The fraction of sp³-hybridized carbons (Fsp3) is 0. The Balaban J connectivity index is 1.72. The molecule has 27 heavy (non-hydrogen) atoms. The number of hydrogen-bond acceptors (Lipinski definition) is 4. The topological polar surface area (TPSA) is 25.8 Å². The molecule has 0 amide bonds. The Hall–Kier alpha value is -2.53. The van der Waals surface area contributed by atoms with Crippen LogP contribution in [-0.4, -0.2) is 9.97 Å². The summed E-state index contributed by atoms with van der Waals surface area (Å²) in [4.78, 5) is 9.73. The van der Waals surface area contributed by atoms with Gasteiger partial charge in [0.1, 0.15) is 10.0 Å². The third-order valence-corrected chi connectivity index (χ3v) is 6.62. The van der Waals surface area contributed by atoms with E-state index >= 15 is 0 Å². The minimum atomic E-state index is 0.730. The average molecular weight is 405 g/mol. The molecule has 2 heterocycles. The number of aromatic nitrogens is 2. The van der Waals surface area contributed by atoms with Gasteiger partial charge in [-0.1, -0.05) is 48.0 Å². The predicted octanol–water partition coefficient (Wildman–Crippen LogP) is 7.15. The van der Waals surface area contributed by atoms with E-state index in [0.717, 1.165) is 37.2 Å². The van der Waals surface area contributed by atoms with Crippen LogP contribution in [0, 0.1) is 0 Å². The minimum Gasteiger partial charge on any atom is -0.236 e. The first-order valence-corrected chi connectivity index (χ1v) is 10.5. The van der Waals surface area contributed by atoms with Gasteiger partial charge >= 0.3 is 0 Å². The van der Waals surface area contributed by atoms with Gasteiger partial charge in [0.05, 0.1) is 20.4 Å². The monoisotopic (exact) mass is 404 g/mol. The van der Waals surface area contributed by atoms with Gasteiger partial charge in [0.2, 0.25) is 0 Å².